The Labute approximate surface area is 160 Å². The van der Waals surface area contributed by atoms with Gasteiger partial charge in [-0.25, -0.2) is 19.0 Å². The SMILES string of the molecule is COCCNc1ncnc2c1cnn2CCNC(=O)COc1ccc(F)cc1. The van der Waals surface area contributed by atoms with Gasteiger partial charge in [-0.2, -0.15) is 5.10 Å². The van der Waals surface area contributed by atoms with Crippen molar-refractivity contribution in [3.63, 3.8) is 0 Å². The first-order chi connectivity index (χ1) is 13.7. The Morgan fingerprint density at radius 2 is 2.04 bits per heavy atom. The molecule has 0 aliphatic rings. The molecule has 1 aromatic carbocycles. The highest BCUT2D eigenvalue weighted by atomic mass is 19.1. The molecule has 0 aliphatic carbocycles. The Morgan fingerprint density at radius 1 is 1.21 bits per heavy atom. The number of rotatable bonds is 10. The molecule has 0 fully saturated rings. The van der Waals surface area contributed by atoms with Crippen LogP contribution in [0.5, 0.6) is 5.75 Å². The standard InChI is InChI=1S/C18H21FN6O3/c1-27-9-7-21-17-15-10-24-25(18(15)23-12-22-17)8-6-20-16(26)11-28-14-4-2-13(19)3-5-14/h2-5,10,12H,6-9,11H2,1H3,(H,20,26)(H,21,22,23). The Kier molecular flexibility index (Phi) is 6.68. The molecule has 0 radical (unpaired) electrons. The topological polar surface area (TPSA) is 103 Å². The molecule has 2 heterocycles. The highest BCUT2D eigenvalue weighted by molar-refractivity contribution is 5.86. The molecule has 1 amide bonds. The Hall–Kier alpha value is -3.27. The van der Waals surface area contributed by atoms with Gasteiger partial charge in [-0.1, -0.05) is 0 Å². The third-order valence-electron chi connectivity index (χ3n) is 3.86. The lowest BCUT2D eigenvalue weighted by atomic mass is 10.3. The fourth-order valence-electron chi connectivity index (χ4n) is 2.50. The lowest BCUT2D eigenvalue weighted by Crippen LogP contribution is -2.31. The number of amides is 1. The molecule has 0 atom stereocenters. The first kappa shape index (κ1) is 19.5. The van der Waals surface area contributed by atoms with E-state index in [1.165, 1.54) is 30.6 Å². The predicted octanol–water partition coefficient (Wildman–Crippen LogP) is 1.22. The number of fused-ring (bicyclic) bond motifs is 1. The van der Waals surface area contributed by atoms with Crippen LogP contribution in [-0.4, -0.2) is 59.1 Å². The predicted molar refractivity (Wildman–Crippen MR) is 101 cm³/mol. The molecule has 0 spiro atoms. The summed E-state index contributed by atoms with van der Waals surface area (Å²) < 4.78 is 24.9. The number of halogens is 1. The fraction of sp³-hybridized carbons (Fsp3) is 0.333. The van der Waals surface area contributed by atoms with Crippen LogP contribution in [0.15, 0.2) is 36.8 Å². The van der Waals surface area contributed by atoms with Crippen LogP contribution in [0.1, 0.15) is 0 Å². The van der Waals surface area contributed by atoms with Crippen LogP contribution in [-0.2, 0) is 16.1 Å². The summed E-state index contributed by atoms with van der Waals surface area (Å²) in [6, 6.07) is 5.49. The smallest absolute Gasteiger partial charge is 0.258 e. The molecule has 0 saturated carbocycles. The van der Waals surface area contributed by atoms with E-state index in [9.17, 15) is 9.18 Å². The van der Waals surface area contributed by atoms with Crippen LogP contribution in [0, 0.1) is 5.82 Å². The molecule has 0 saturated heterocycles. The number of benzene rings is 1. The van der Waals surface area contributed by atoms with Crippen molar-refractivity contribution in [3.8, 4) is 5.75 Å². The molecule has 0 aliphatic heterocycles. The van der Waals surface area contributed by atoms with Crippen LogP contribution in [0.25, 0.3) is 11.0 Å². The van der Waals surface area contributed by atoms with Crippen molar-refractivity contribution in [1.82, 2.24) is 25.1 Å². The van der Waals surface area contributed by atoms with Crippen molar-refractivity contribution >= 4 is 22.8 Å². The second kappa shape index (κ2) is 9.60. The van der Waals surface area contributed by atoms with Crippen molar-refractivity contribution in [2.24, 2.45) is 0 Å². The van der Waals surface area contributed by atoms with Gasteiger partial charge < -0.3 is 20.1 Å². The normalized spacial score (nSPS) is 10.8. The molecule has 0 unspecified atom stereocenters. The maximum atomic E-state index is 12.8. The van der Waals surface area contributed by atoms with E-state index in [-0.39, 0.29) is 18.3 Å². The lowest BCUT2D eigenvalue weighted by Gasteiger charge is -2.08. The summed E-state index contributed by atoms with van der Waals surface area (Å²) in [7, 11) is 1.63. The van der Waals surface area contributed by atoms with Gasteiger partial charge in [0.25, 0.3) is 5.91 Å². The number of hydrogen-bond donors (Lipinski definition) is 2. The van der Waals surface area contributed by atoms with Gasteiger partial charge >= 0.3 is 0 Å². The van der Waals surface area contributed by atoms with Crippen LogP contribution in [0.2, 0.25) is 0 Å². The maximum absolute atomic E-state index is 12.8. The molecule has 3 aromatic rings. The van der Waals surface area contributed by atoms with Gasteiger partial charge in [0.2, 0.25) is 0 Å². The zero-order valence-corrected chi connectivity index (χ0v) is 15.4. The highest BCUT2D eigenvalue weighted by Gasteiger charge is 2.10. The third kappa shape index (κ3) is 5.13. The summed E-state index contributed by atoms with van der Waals surface area (Å²) in [4.78, 5) is 20.4. The molecule has 9 nitrogen and oxygen atoms in total. The van der Waals surface area contributed by atoms with Crippen molar-refractivity contribution in [2.45, 2.75) is 6.54 Å². The second-order valence-corrected chi connectivity index (χ2v) is 5.84. The molecule has 28 heavy (non-hydrogen) atoms. The molecule has 3 rings (SSSR count). The minimum absolute atomic E-state index is 0.152. The van der Waals surface area contributed by atoms with Gasteiger partial charge in [-0.3, -0.25) is 4.79 Å². The number of anilines is 1. The van der Waals surface area contributed by atoms with Crippen molar-refractivity contribution in [1.29, 1.82) is 0 Å². The van der Waals surface area contributed by atoms with Gasteiger partial charge in [-0.05, 0) is 24.3 Å². The number of hydrogen-bond acceptors (Lipinski definition) is 7. The molecule has 2 N–H and O–H groups in total. The number of aromatic nitrogens is 4. The van der Waals surface area contributed by atoms with Gasteiger partial charge in [0.15, 0.2) is 12.3 Å². The van der Waals surface area contributed by atoms with Crippen LogP contribution < -0.4 is 15.4 Å². The summed E-state index contributed by atoms with van der Waals surface area (Å²) in [5.41, 5.74) is 0.673. The number of carbonyl (C=O) groups excluding carboxylic acids is 1. The maximum Gasteiger partial charge on any atom is 0.258 e. The van der Waals surface area contributed by atoms with E-state index in [1.54, 1.807) is 18.0 Å². The van der Waals surface area contributed by atoms with Gasteiger partial charge in [0.05, 0.1) is 24.7 Å². The summed E-state index contributed by atoms with van der Waals surface area (Å²) in [5, 5.41) is 11.0. The van der Waals surface area contributed by atoms with Gasteiger partial charge in [0.1, 0.15) is 23.7 Å². The largest absolute Gasteiger partial charge is 0.484 e. The van der Waals surface area contributed by atoms with E-state index in [4.69, 9.17) is 9.47 Å². The minimum Gasteiger partial charge on any atom is -0.484 e. The lowest BCUT2D eigenvalue weighted by molar-refractivity contribution is -0.123. The summed E-state index contributed by atoms with van der Waals surface area (Å²) in [5.74, 6) is 0.478. The molecule has 0 bridgehead atoms. The third-order valence-corrected chi connectivity index (χ3v) is 3.86. The number of ether oxygens (including phenoxy) is 2. The molecule has 10 heteroatoms. The van der Waals surface area contributed by atoms with Crippen molar-refractivity contribution in [2.75, 3.05) is 38.7 Å². The van der Waals surface area contributed by atoms with Crippen molar-refractivity contribution in [3.05, 3.63) is 42.6 Å². The summed E-state index contributed by atoms with van der Waals surface area (Å²) in [6.45, 7) is 1.84. The average Bonchev–Trinajstić information content (AvgIpc) is 3.12. The van der Waals surface area contributed by atoms with E-state index < -0.39 is 0 Å². The number of nitrogens with zero attached hydrogens (tertiary/aromatic N) is 4. The second-order valence-electron chi connectivity index (χ2n) is 5.84. The van der Waals surface area contributed by atoms with Gasteiger partial charge in [-0.15, -0.1) is 0 Å². The van der Waals surface area contributed by atoms with E-state index in [2.05, 4.69) is 25.7 Å². The average molecular weight is 388 g/mol. The number of methoxy groups -OCH3 is 1. The van der Waals surface area contributed by atoms with E-state index in [0.29, 0.717) is 43.5 Å². The zero-order chi connectivity index (χ0) is 19.8. The minimum atomic E-state index is -0.357. The molecule has 148 valence electrons. The van der Waals surface area contributed by atoms with Crippen LogP contribution in [0.4, 0.5) is 10.2 Å². The fourth-order valence-corrected chi connectivity index (χ4v) is 2.50. The van der Waals surface area contributed by atoms with Crippen LogP contribution >= 0.6 is 0 Å². The van der Waals surface area contributed by atoms with E-state index in [0.717, 1.165) is 5.39 Å². The molecule has 2 aromatic heterocycles. The van der Waals surface area contributed by atoms with Gasteiger partial charge in [0, 0.05) is 20.2 Å². The molecular weight excluding hydrogens is 367 g/mol. The Bertz CT molecular complexity index is 915. The first-order valence-corrected chi connectivity index (χ1v) is 8.72. The van der Waals surface area contributed by atoms with E-state index >= 15 is 0 Å². The summed E-state index contributed by atoms with van der Waals surface area (Å²) >= 11 is 0. The summed E-state index contributed by atoms with van der Waals surface area (Å²) in [6.07, 6.45) is 3.15. The highest BCUT2D eigenvalue weighted by Crippen LogP contribution is 2.18. The van der Waals surface area contributed by atoms with E-state index in [1.807, 2.05) is 0 Å². The van der Waals surface area contributed by atoms with Crippen LogP contribution in [0.3, 0.4) is 0 Å². The number of carbonyl (C=O) groups is 1. The zero-order valence-electron chi connectivity index (χ0n) is 15.4. The Balaban J connectivity index is 1.49. The molecular formula is C18H21FN6O3. The monoisotopic (exact) mass is 388 g/mol. The quantitative estimate of drug-likeness (QED) is 0.503. The number of nitrogens with one attached hydrogen (secondary N) is 2. The first-order valence-electron chi connectivity index (χ1n) is 8.72. The van der Waals surface area contributed by atoms with Crippen molar-refractivity contribution < 1.29 is 18.7 Å². The Morgan fingerprint density at radius 3 is 2.82 bits per heavy atom.